The number of aryl methyl sites for hydroxylation is 1. The SMILES string of the molecule is COc1nc(-c2ccc(CCl)cc2)ccc1NC(=O)c1c(-c2ccccc2)noc1C. The lowest BCUT2D eigenvalue weighted by Crippen LogP contribution is -2.14. The highest BCUT2D eigenvalue weighted by Gasteiger charge is 2.23. The number of methoxy groups -OCH3 is 1. The third kappa shape index (κ3) is 4.29. The highest BCUT2D eigenvalue weighted by atomic mass is 35.5. The Morgan fingerprint density at radius 3 is 2.45 bits per heavy atom. The van der Waals surface area contributed by atoms with E-state index in [9.17, 15) is 4.79 Å². The molecule has 1 amide bonds. The first-order chi connectivity index (χ1) is 15.1. The quantitative estimate of drug-likeness (QED) is 0.394. The fraction of sp³-hybridized carbons (Fsp3) is 0.125. The van der Waals surface area contributed by atoms with Crippen LogP contribution in [0.5, 0.6) is 5.88 Å². The van der Waals surface area contributed by atoms with Crippen LogP contribution >= 0.6 is 11.6 Å². The first-order valence-electron chi connectivity index (χ1n) is 9.64. The van der Waals surface area contributed by atoms with Gasteiger partial charge in [-0.25, -0.2) is 4.98 Å². The molecular formula is C24H20ClN3O3. The summed E-state index contributed by atoms with van der Waals surface area (Å²) >= 11 is 5.86. The largest absolute Gasteiger partial charge is 0.479 e. The first-order valence-corrected chi connectivity index (χ1v) is 10.2. The fourth-order valence-electron chi connectivity index (χ4n) is 3.23. The van der Waals surface area contributed by atoms with Crippen LogP contribution in [0.4, 0.5) is 5.69 Å². The summed E-state index contributed by atoms with van der Waals surface area (Å²) in [5.41, 5.74) is 4.78. The Balaban J connectivity index is 1.63. The number of rotatable bonds is 6. The number of halogens is 1. The van der Waals surface area contributed by atoms with Crippen LogP contribution in [0.1, 0.15) is 21.7 Å². The van der Waals surface area contributed by atoms with Gasteiger partial charge in [-0.3, -0.25) is 4.79 Å². The van der Waals surface area contributed by atoms with Gasteiger partial charge in [-0.05, 0) is 24.6 Å². The summed E-state index contributed by atoms with van der Waals surface area (Å²) in [5, 5.41) is 6.93. The van der Waals surface area contributed by atoms with Gasteiger partial charge < -0.3 is 14.6 Å². The van der Waals surface area contributed by atoms with Crippen molar-refractivity contribution in [3.63, 3.8) is 0 Å². The van der Waals surface area contributed by atoms with Crippen LogP contribution in [-0.4, -0.2) is 23.2 Å². The maximum absolute atomic E-state index is 13.1. The molecule has 2 aromatic heterocycles. The summed E-state index contributed by atoms with van der Waals surface area (Å²) in [6, 6.07) is 20.8. The second-order valence-electron chi connectivity index (χ2n) is 6.87. The van der Waals surface area contributed by atoms with E-state index in [0.29, 0.717) is 34.5 Å². The standard InChI is InChI=1S/C24H20ClN3O3/c1-15-21(22(28-31-15)18-6-4-3-5-7-18)23(29)26-20-13-12-19(27-24(20)30-2)17-10-8-16(14-25)9-11-17/h3-13H,14H2,1-2H3,(H,26,29). The number of nitrogens with zero attached hydrogens (tertiary/aromatic N) is 2. The topological polar surface area (TPSA) is 77.2 Å². The minimum Gasteiger partial charge on any atom is -0.479 e. The Morgan fingerprint density at radius 2 is 1.77 bits per heavy atom. The molecule has 31 heavy (non-hydrogen) atoms. The molecule has 0 saturated carbocycles. The zero-order valence-electron chi connectivity index (χ0n) is 17.1. The monoisotopic (exact) mass is 433 g/mol. The molecule has 156 valence electrons. The zero-order chi connectivity index (χ0) is 21.8. The number of carbonyl (C=O) groups excluding carboxylic acids is 1. The second-order valence-corrected chi connectivity index (χ2v) is 7.13. The molecule has 0 spiro atoms. The minimum absolute atomic E-state index is 0.308. The minimum atomic E-state index is -0.350. The van der Waals surface area contributed by atoms with Crippen LogP contribution in [0.2, 0.25) is 0 Å². The van der Waals surface area contributed by atoms with E-state index in [4.69, 9.17) is 20.9 Å². The molecule has 4 aromatic rings. The van der Waals surface area contributed by atoms with Gasteiger partial charge in [-0.2, -0.15) is 0 Å². The van der Waals surface area contributed by atoms with Crippen LogP contribution in [0.25, 0.3) is 22.5 Å². The number of amides is 1. The van der Waals surface area contributed by atoms with Crippen molar-refractivity contribution in [2.75, 3.05) is 12.4 Å². The molecule has 0 aliphatic rings. The summed E-state index contributed by atoms with van der Waals surface area (Å²) in [6.07, 6.45) is 0. The molecule has 2 heterocycles. The molecule has 7 heteroatoms. The van der Waals surface area contributed by atoms with Crippen molar-refractivity contribution in [3.8, 4) is 28.4 Å². The van der Waals surface area contributed by atoms with Gasteiger partial charge in [0.05, 0.1) is 12.8 Å². The molecule has 0 radical (unpaired) electrons. The predicted molar refractivity (Wildman–Crippen MR) is 120 cm³/mol. The van der Waals surface area contributed by atoms with Crippen molar-refractivity contribution < 1.29 is 14.1 Å². The van der Waals surface area contributed by atoms with Gasteiger partial charge in [0.25, 0.3) is 5.91 Å². The van der Waals surface area contributed by atoms with Crippen molar-refractivity contribution in [3.05, 3.63) is 83.6 Å². The van der Waals surface area contributed by atoms with Crippen LogP contribution in [0.3, 0.4) is 0 Å². The van der Waals surface area contributed by atoms with Crippen LogP contribution in [0, 0.1) is 6.92 Å². The molecule has 1 N–H and O–H groups in total. The summed E-state index contributed by atoms with van der Waals surface area (Å²) in [5.74, 6) is 0.841. The number of carbonyl (C=O) groups is 1. The predicted octanol–water partition coefficient (Wildman–Crippen LogP) is 5.71. The number of alkyl halides is 1. The summed E-state index contributed by atoms with van der Waals surface area (Å²) in [7, 11) is 1.51. The average Bonchev–Trinajstić information content (AvgIpc) is 3.21. The molecule has 0 bridgehead atoms. The lowest BCUT2D eigenvalue weighted by molar-refractivity contribution is 0.102. The van der Waals surface area contributed by atoms with Gasteiger partial charge in [0.15, 0.2) is 0 Å². The molecular weight excluding hydrogens is 414 g/mol. The van der Waals surface area contributed by atoms with Crippen molar-refractivity contribution >= 4 is 23.2 Å². The Labute approximate surface area is 184 Å². The fourth-order valence-corrected chi connectivity index (χ4v) is 3.41. The summed E-state index contributed by atoms with van der Waals surface area (Å²) in [4.78, 5) is 17.6. The Bertz CT molecular complexity index is 1200. The molecule has 0 atom stereocenters. The zero-order valence-corrected chi connectivity index (χ0v) is 17.8. The Hall–Kier alpha value is -3.64. The number of benzene rings is 2. The Morgan fingerprint density at radius 1 is 1.03 bits per heavy atom. The van der Waals surface area contributed by atoms with Crippen molar-refractivity contribution in [2.24, 2.45) is 0 Å². The highest BCUT2D eigenvalue weighted by Crippen LogP contribution is 2.30. The van der Waals surface area contributed by atoms with Gasteiger partial charge in [0.1, 0.15) is 22.7 Å². The third-order valence-corrected chi connectivity index (χ3v) is 5.15. The number of pyridine rings is 1. The molecule has 0 aliphatic carbocycles. The molecule has 2 aromatic carbocycles. The number of hydrogen-bond acceptors (Lipinski definition) is 5. The van der Waals surface area contributed by atoms with E-state index in [2.05, 4.69) is 15.5 Å². The van der Waals surface area contributed by atoms with E-state index in [1.54, 1.807) is 13.0 Å². The maximum atomic E-state index is 13.1. The number of nitrogens with one attached hydrogen (secondary N) is 1. The second kappa shape index (κ2) is 9.02. The smallest absolute Gasteiger partial charge is 0.261 e. The van der Waals surface area contributed by atoms with E-state index in [1.165, 1.54) is 7.11 Å². The van der Waals surface area contributed by atoms with Gasteiger partial charge in [0, 0.05) is 17.0 Å². The van der Waals surface area contributed by atoms with Gasteiger partial charge in [0.2, 0.25) is 5.88 Å². The number of aromatic nitrogens is 2. The maximum Gasteiger partial charge on any atom is 0.261 e. The highest BCUT2D eigenvalue weighted by molar-refractivity contribution is 6.17. The van der Waals surface area contributed by atoms with Crippen molar-refractivity contribution in [2.45, 2.75) is 12.8 Å². The normalized spacial score (nSPS) is 10.7. The summed E-state index contributed by atoms with van der Waals surface area (Å²) < 4.78 is 10.7. The number of anilines is 1. The van der Waals surface area contributed by atoms with Gasteiger partial charge in [-0.1, -0.05) is 59.8 Å². The van der Waals surface area contributed by atoms with Crippen LogP contribution < -0.4 is 10.1 Å². The van der Waals surface area contributed by atoms with Crippen molar-refractivity contribution in [1.29, 1.82) is 0 Å². The molecule has 0 aliphatic heterocycles. The van der Waals surface area contributed by atoms with E-state index in [-0.39, 0.29) is 5.91 Å². The van der Waals surface area contributed by atoms with Crippen LogP contribution in [0.15, 0.2) is 71.3 Å². The van der Waals surface area contributed by atoms with Gasteiger partial charge >= 0.3 is 0 Å². The molecule has 0 saturated heterocycles. The molecule has 0 fully saturated rings. The van der Waals surface area contributed by atoms with E-state index >= 15 is 0 Å². The summed E-state index contributed by atoms with van der Waals surface area (Å²) in [6.45, 7) is 1.71. The lowest BCUT2D eigenvalue weighted by Gasteiger charge is -2.11. The first kappa shape index (κ1) is 20.6. The third-order valence-electron chi connectivity index (χ3n) is 4.84. The van der Waals surface area contributed by atoms with Crippen LogP contribution in [-0.2, 0) is 5.88 Å². The number of ether oxygens (including phenoxy) is 1. The van der Waals surface area contributed by atoms with E-state index in [0.717, 1.165) is 22.4 Å². The Kier molecular flexibility index (Phi) is 6.00. The molecule has 6 nitrogen and oxygen atoms in total. The van der Waals surface area contributed by atoms with E-state index in [1.807, 2.05) is 60.7 Å². The van der Waals surface area contributed by atoms with Gasteiger partial charge in [-0.15, -0.1) is 11.6 Å². The number of hydrogen-bond donors (Lipinski definition) is 1. The van der Waals surface area contributed by atoms with E-state index < -0.39 is 0 Å². The lowest BCUT2D eigenvalue weighted by atomic mass is 10.1. The average molecular weight is 434 g/mol. The van der Waals surface area contributed by atoms with Crippen molar-refractivity contribution in [1.82, 2.24) is 10.1 Å². The molecule has 4 rings (SSSR count). The molecule has 0 unspecified atom stereocenters.